The van der Waals surface area contributed by atoms with Gasteiger partial charge >= 0.3 is 6.09 Å². The van der Waals surface area contributed by atoms with Crippen molar-refractivity contribution in [3.8, 4) is 6.07 Å². The Balaban J connectivity index is 1.36. The van der Waals surface area contributed by atoms with Crippen molar-refractivity contribution >= 4 is 28.5 Å². The molecule has 0 aliphatic carbocycles. The van der Waals surface area contributed by atoms with Gasteiger partial charge in [0.15, 0.2) is 5.82 Å². The topological polar surface area (TPSA) is 177 Å². The number of fused-ring (bicyclic) bond motifs is 1. The Hall–Kier alpha value is -5.52. The minimum Gasteiger partial charge on any atom is -0.444 e. The van der Waals surface area contributed by atoms with E-state index in [0.29, 0.717) is 61.4 Å². The van der Waals surface area contributed by atoms with Gasteiger partial charge in [0, 0.05) is 37.4 Å². The van der Waals surface area contributed by atoms with Gasteiger partial charge in [-0.15, -0.1) is 10.2 Å². The van der Waals surface area contributed by atoms with Crippen LogP contribution >= 0.6 is 0 Å². The normalized spacial score (nSPS) is 14.8. The number of ether oxygens (including phenoxy) is 1. The molecule has 0 saturated carbocycles. The highest BCUT2D eigenvalue weighted by Gasteiger charge is 2.41. The Bertz CT molecular complexity index is 1830. The predicted molar refractivity (Wildman–Crippen MR) is 164 cm³/mol. The van der Waals surface area contributed by atoms with Crippen molar-refractivity contribution in [2.75, 3.05) is 18.4 Å². The van der Waals surface area contributed by atoms with Crippen LogP contribution in [0.25, 0.3) is 10.9 Å². The maximum atomic E-state index is 13.3. The molecule has 6 rings (SSSR count). The first-order valence-corrected chi connectivity index (χ1v) is 14.7. The maximum absolute atomic E-state index is 13.3. The third kappa shape index (κ3) is 6.40. The standard InChI is InChI=1S/C30H34N12O3/c1-29(2,3)45-28(44)39-12-6-30(5-8-31,7-13-39)42-24-4-9-32-27(43)25(24)26(36-42)35-23-17-21(19-40-14-10-33-37-40)16-22(18-23)20-41-15-11-34-38-41/h4,9-11,14-18H,5-7,12-13,19-20H2,1-3H3,(H,32,43)(H,35,36). The zero-order valence-electron chi connectivity index (χ0n) is 25.3. The molecule has 45 heavy (non-hydrogen) atoms. The lowest BCUT2D eigenvalue weighted by Crippen LogP contribution is -2.49. The Morgan fingerprint density at radius 2 is 1.71 bits per heavy atom. The molecule has 15 nitrogen and oxygen atoms in total. The first kappa shape index (κ1) is 29.5. The zero-order chi connectivity index (χ0) is 31.6. The second-order valence-electron chi connectivity index (χ2n) is 12.2. The molecule has 0 unspecified atom stereocenters. The van der Waals surface area contributed by atoms with Crippen LogP contribution in [-0.2, 0) is 23.4 Å². The van der Waals surface area contributed by atoms with Crippen LogP contribution in [-0.4, -0.2) is 74.4 Å². The number of rotatable bonds is 8. The molecule has 0 spiro atoms. The predicted octanol–water partition coefficient (Wildman–Crippen LogP) is 3.39. The van der Waals surface area contributed by atoms with Crippen molar-refractivity contribution in [3.05, 3.63) is 76.7 Å². The van der Waals surface area contributed by atoms with E-state index >= 15 is 0 Å². The van der Waals surface area contributed by atoms with Crippen molar-refractivity contribution in [2.24, 2.45) is 0 Å². The summed E-state index contributed by atoms with van der Waals surface area (Å²) in [5.74, 6) is 0.364. The molecule has 0 bridgehead atoms. The van der Waals surface area contributed by atoms with Gasteiger partial charge in [-0.05, 0) is 62.9 Å². The molecular formula is C30H34N12O3. The highest BCUT2D eigenvalue weighted by atomic mass is 16.6. The molecule has 0 radical (unpaired) electrons. The number of nitrogens with one attached hydrogen (secondary N) is 2. The molecule has 5 heterocycles. The highest BCUT2D eigenvalue weighted by molar-refractivity contribution is 5.91. The number of piperidine rings is 1. The number of carbonyl (C=O) groups excluding carboxylic acids is 1. The molecule has 1 fully saturated rings. The first-order valence-electron chi connectivity index (χ1n) is 14.7. The van der Waals surface area contributed by atoms with E-state index in [9.17, 15) is 14.9 Å². The zero-order valence-corrected chi connectivity index (χ0v) is 25.3. The van der Waals surface area contributed by atoms with Crippen LogP contribution in [0.15, 0.2) is 60.0 Å². The SMILES string of the molecule is CC(C)(C)OC(=O)N1CCC(CC#N)(n2nc(Nc3cc(Cn4ccnn4)cc(Cn4ccnn4)c3)c3c(=O)[nH]ccc32)CC1. The van der Waals surface area contributed by atoms with Crippen LogP contribution in [0.2, 0.25) is 0 Å². The smallest absolute Gasteiger partial charge is 0.410 e. The largest absolute Gasteiger partial charge is 0.444 e. The molecule has 1 aliphatic rings. The lowest BCUT2D eigenvalue weighted by atomic mass is 9.85. The van der Waals surface area contributed by atoms with Crippen molar-refractivity contribution in [1.82, 2.24) is 49.7 Å². The number of carbonyl (C=O) groups is 1. The first-order chi connectivity index (χ1) is 21.6. The number of anilines is 2. The van der Waals surface area contributed by atoms with Crippen molar-refractivity contribution in [1.29, 1.82) is 5.26 Å². The number of hydrogen-bond acceptors (Lipinski definition) is 10. The van der Waals surface area contributed by atoms with E-state index in [1.54, 1.807) is 56.0 Å². The van der Waals surface area contributed by atoms with Gasteiger partial charge < -0.3 is 19.9 Å². The monoisotopic (exact) mass is 610 g/mol. The molecule has 2 N–H and O–H groups in total. The fourth-order valence-corrected chi connectivity index (χ4v) is 5.73. The fourth-order valence-electron chi connectivity index (χ4n) is 5.73. The van der Waals surface area contributed by atoms with Gasteiger partial charge in [-0.2, -0.15) is 10.4 Å². The summed E-state index contributed by atoms with van der Waals surface area (Å²) in [5.41, 5.74) is 1.57. The number of pyridine rings is 1. The van der Waals surface area contributed by atoms with E-state index < -0.39 is 11.1 Å². The summed E-state index contributed by atoms with van der Waals surface area (Å²) in [7, 11) is 0. The lowest BCUT2D eigenvalue weighted by Gasteiger charge is -2.41. The van der Waals surface area contributed by atoms with Gasteiger partial charge in [-0.1, -0.05) is 16.5 Å². The van der Waals surface area contributed by atoms with Gasteiger partial charge in [0.2, 0.25) is 0 Å². The average molecular weight is 611 g/mol. The van der Waals surface area contributed by atoms with Crippen LogP contribution in [0.5, 0.6) is 0 Å². The van der Waals surface area contributed by atoms with Gasteiger partial charge in [0.1, 0.15) is 11.0 Å². The van der Waals surface area contributed by atoms with E-state index in [1.165, 1.54) is 0 Å². The maximum Gasteiger partial charge on any atom is 0.410 e. The third-order valence-corrected chi connectivity index (χ3v) is 7.76. The number of amides is 1. The molecular weight excluding hydrogens is 576 g/mol. The van der Waals surface area contributed by atoms with Gasteiger partial charge in [0.05, 0.1) is 49.0 Å². The quantitative estimate of drug-likeness (QED) is 0.265. The third-order valence-electron chi connectivity index (χ3n) is 7.76. The number of likely N-dealkylation sites (tertiary alicyclic amines) is 1. The van der Waals surface area contributed by atoms with Crippen molar-refractivity contribution < 1.29 is 9.53 Å². The molecule has 232 valence electrons. The Labute approximate surface area is 258 Å². The van der Waals surface area contributed by atoms with Crippen molar-refractivity contribution in [2.45, 2.75) is 64.3 Å². The summed E-state index contributed by atoms with van der Waals surface area (Å²) in [4.78, 5) is 30.5. The average Bonchev–Trinajstić information content (AvgIpc) is 3.76. The van der Waals surface area contributed by atoms with E-state index in [1.807, 2.05) is 32.9 Å². The summed E-state index contributed by atoms with van der Waals surface area (Å²) in [6, 6.07) is 10.1. The van der Waals surface area contributed by atoms with E-state index in [0.717, 1.165) is 11.1 Å². The molecule has 0 atom stereocenters. The number of nitrogens with zero attached hydrogens (tertiary/aromatic N) is 10. The van der Waals surface area contributed by atoms with Crippen LogP contribution in [0.1, 0.15) is 51.2 Å². The molecule has 15 heteroatoms. The molecule has 1 amide bonds. The second kappa shape index (κ2) is 11.9. The minimum absolute atomic E-state index is 0.160. The van der Waals surface area contributed by atoms with E-state index in [-0.39, 0.29) is 18.1 Å². The van der Waals surface area contributed by atoms with Gasteiger partial charge in [-0.3, -0.25) is 9.48 Å². The molecule has 1 aliphatic heterocycles. The second-order valence-corrected chi connectivity index (χ2v) is 12.2. The van der Waals surface area contributed by atoms with Crippen LogP contribution in [0, 0.1) is 11.3 Å². The van der Waals surface area contributed by atoms with Crippen LogP contribution < -0.4 is 10.9 Å². The Morgan fingerprint density at radius 3 is 2.27 bits per heavy atom. The summed E-state index contributed by atoms with van der Waals surface area (Å²) >= 11 is 0. The van der Waals surface area contributed by atoms with Gasteiger partial charge in [0.25, 0.3) is 5.56 Å². The molecule has 5 aromatic rings. The number of aromatic nitrogens is 9. The lowest BCUT2D eigenvalue weighted by molar-refractivity contribution is 0.0110. The summed E-state index contributed by atoms with van der Waals surface area (Å²) < 4.78 is 10.8. The number of aromatic amines is 1. The minimum atomic E-state index is -0.730. The molecule has 4 aromatic heterocycles. The van der Waals surface area contributed by atoms with Crippen LogP contribution in [0.3, 0.4) is 0 Å². The Kier molecular flexibility index (Phi) is 7.79. The summed E-state index contributed by atoms with van der Waals surface area (Å²) in [6.45, 7) is 7.24. The number of nitriles is 1. The fraction of sp³-hybridized carbons (Fsp3) is 0.400. The van der Waals surface area contributed by atoms with Crippen molar-refractivity contribution in [3.63, 3.8) is 0 Å². The Morgan fingerprint density at radius 1 is 1.07 bits per heavy atom. The van der Waals surface area contributed by atoms with E-state index in [4.69, 9.17) is 9.84 Å². The highest BCUT2D eigenvalue weighted by Crippen LogP contribution is 2.38. The summed E-state index contributed by atoms with van der Waals surface area (Å²) in [6.07, 6.45) is 9.12. The van der Waals surface area contributed by atoms with Crippen LogP contribution in [0.4, 0.5) is 16.3 Å². The molecule has 1 saturated heterocycles. The summed E-state index contributed by atoms with van der Waals surface area (Å²) in [5, 5.41) is 34.6. The number of H-pyrrole nitrogens is 1. The number of benzene rings is 1. The van der Waals surface area contributed by atoms with E-state index in [2.05, 4.69) is 43.1 Å². The molecule has 1 aromatic carbocycles. The van der Waals surface area contributed by atoms with Gasteiger partial charge in [-0.25, -0.2) is 14.2 Å². The number of hydrogen-bond donors (Lipinski definition) is 2.